The van der Waals surface area contributed by atoms with Gasteiger partial charge in [0.1, 0.15) is 6.61 Å². The molecule has 0 saturated carbocycles. The van der Waals surface area contributed by atoms with Gasteiger partial charge in [0.15, 0.2) is 0 Å². The number of halogens is 1. The van der Waals surface area contributed by atoms with Gasteiger partial charge >= 0.3 is 12.1 Å². The standard InChI is InChI=1S/C18H16ClNO4/c19-16-11-13(8-9-15(16)17(21)22)7-4-10-20-18(23)24-12-14-5-2-1-3-6-14/h1-9,11H,10,12H2,(H,20,23)(H,21,22). The van der Waals surface area contributed by atoms with E-state index < -0.39 is 12.1 Å². The molecule has 0 heterocycles. The third-order valence-electron chi connectivity index (χ3n) is 3.11. The summed E-state index contributed by atoms with van der Waals surface area (Å²) in [6.07, 6.45) is 2.94. The summed E-state index contributed by atoms with van der Waals surface area (Å²) in [6, 6.07) is 14.0. The van der Waals surface area contributed by atoms with Gasteiger partial charge in [-0.05, 0) is 23.3 Å². The Hall–Kier alpha value is -2.79. The van der Waals surface area contributed by atoms with Gasteiger partial charge in [0.05, 0.1) is 10.6 Å². The first-order chi connectivity index (χ1) is 11.6. The van der Waals surface area contributed by atoms with Crippen molar-refractivity contribution in [3.8, 4) is 0 Å². The minimum atomic E-state index is -1.07. The highest BCUT2D eigenvalue weighted by Gasteiger charge is 2.07. The van der Waals surface area contributed by atoms with Crippen LogP contribution in [-0.2, 0) is 11.3 Å². The molecule has 0 aliphatic rings. The van der Waals surface area contributed by atoms with Crippen LogP contribution in [0.25, 0.3) is 6.08 Å². The molecule has 1 amide bonds. The molecule has 0 saturated heterocycles. The summed E-state index contributed by atoms with van der Waals surface area (Å²) in [4.78, 5) is 22.4. The number of rotatable bonds is 6. The second kappa shape index (κ2) is 8.74. The Morgan fingerprint density at radius 1 is 1.17 bits per heavy atom. The fourth-order valence-corrected chi connectivity index (χ4v) is 2.19. The van der Waals surface area contributed by atoms with Crippen LogP contribution in [0.3, 0.4) is 0 Å². The lowest BCUT2D eigenvalue weighted by atomic mass is 10.1. The van der Waals surface area contributed by atoms with Gasteiger partial charge in [-0.25, -0.2) is 9.59 Å². The average Bonchev–Trinajstić information content (AvgIpc) is 2.57. The van der Waals surface area contributed by atoms with Crippen LogP contribution >= 0.6 is 11.6 Å². The van der Waals surface area contributed by atoms with Crippen LogP contribution in [0.1, 0.15) is 21.5 Å². The summed E-state index contributed by atoms with van der Waals surface area (Å²) in [6.45, 7) is 0.495. The molecule has 5 nitrogen and oxygen atoms in total. The summed E-state index contributed by atoms with van der Waals surface area (Å²) < 4.78 is 5.07. The molecule has 0 atom stereocenters. The maximum absolute atomic E-state index is 11.5. The number of carboxylic acids is 1. The Kier molecular flexibility index (Phi) is 6.40. The molecule has 2 rings (SSSR count). The first kappa shape index (κ1) is 17.6. The number of benzene rings is 2. The number of amides is 1. The largest absolute Gasteiger partial charge is 0.478 e. The molecular formula is C18H16ClNO4. The van der Waals surface area contributed by atoms with Crippen LogP contribution in [0.5, 0.6) is 0 Å². The van der Waals surface area contributed by atoms with Crippen molar-refractivity contribution in [1.82, 2.24) is 5.32 Å². The summed E-state index contributed by atoms with van der Waals surface area (Å²) in [5.74, 6) is -1.07. The fourth-order valence-electron chi connectivity index (χ4n) is 1.92. The molecule has 2 N–H and O–H groups in total. The molecule has 0 aliphatic heterocycles. The van der Waals surface area contributed by atoms with Gasteiger partial charge in [0, 0.05) is 6.54 Å². The van der Waals surface area contributed by atoms with Crippen molar-refractivity contribution in [2.24, 2.45) is 0 Å². The summed E-state index contributed by atoms with van der Waals surface area (Å²) >= 11 is 5.88. The smallest absolute Gasteiger partial charge is 0.407 e. The molecule has 0 bridgehead atoms. The zero-order chi connectivity index (χ0) is 17.4. The molecule has 0 fully saturated rings. The van der Waals surface area contributed by atoms with Crippen LogP contribution in [0, 0.1) is 0 Å². The Morgan fingerprint density at radius 3 is 2.58 bits per heavy atom. The molecule has 6 heteroatoms. The Labute approximate surface area is 144 Å². The van der Waals surface area contributed by atoms with E-state index in [2.05, 4.69) is 5.32 Å². The second-order valence-corrected chi connectivity index (χ2v) is 5.30. The molecule has 0 aliphatic carbocycles. The normalized spacial score (nSPS) is 10.5. The topological polar surface area (TPSA) is 75.6 Å². The number of hydrogen-bond acceptors (Lipinski definition) is 3. The van der Waals surface area contributed by atoms with Crippen molar-refractivity contribution in [2.75, 3.05) is 6.54 Å². The molecule has 0 spiro atoms. The molecule has 24 heavy (non-hydrogen) atoms. The first-order valence-electron chi connectivity index (χ1n) is 7.20. The van der Waals surface area contributed by atoms with E-state index in [0.29, 0.717) is 0 Å². The van der Waals surface area contributed by atoms with E-state index in [1.54, 1.807) is 24.3 Å². The maximum Gasteiger partial charge on any atom is 0.407 e. The van der Waals surface area contributed by atoms with Crippen molar-refractivity contribution in [3.63, 3.8) is 0 Å². The predicted octanol–water partition coefficient (Wildman–Crippen LogP) is 3.98. The lowest BCUT2D eigenvalue weighted by molar-refractivity contribution is 0.0697. The highest BCUT2D eigenvalue weighted by molar-refractivity contribution is 6.33. The number of carbonyl (C=O) groups excluding carboxylic acids is 1. The maximum atomic E-state index is 11.5. The number of ether oxygens (including phenoxy) is 1. The highest BCUT2D eigenvalue weighted by Crippen LogP contribution is 2.18. The molecule has 0 radical (unpaired) electrons. The van der Waals surface area contributed by atoms with Crippen molar-refractivity contribution in [1.29, 1.82) is 0 Å². The zero-order valence-electron chi connectivity index (χ0n) is 12.7. The number of alkyl carbamates (subject to hydrolysis) is 1. The van der Waals surface area contributed by atoms with E-state index in [9.17, 15) is 9.59 Å². The van der Waals surface area contributed by atoms with Crippen molar-refractivity contribution in [2.45, 2.75) is 6.61 Å². The van der Waals surface area contributed by atoms with Gasteiger partial charge in [-0.1, -0.05) is 60.2 Å². The number of hydrogen-bond donors (Lipinski definition) is 2. The predicted molar refractivity (Wildman–Crippen MR) is 92.1 cm³/mol. The Bertz CT molecular complexity index is 744. The summed E-state index contributed by atoms with van der Waals surface area (Å²) in [5.41, 5.74) is 1.71. The monoisotopic (exact) mass is 345 g/mol. The minimum Gasteiger partial charge on any atom is -0.478 e. The SMILES string of the molecule is O=C(NCC=Cc1ccc(C(=O)O)c(Cl)c1)OCc1ccccc1. The highest BCUT2D eigenvalue weighted by atomic mass is 35.5. The van der Waals surface area contributed by atoms with E-state index in [1.807, 2.05) is 30.3 Å². The van der Waals surface area contributed by atoms with Gasteiger partial charge in [-0.15, -0.1) is 0 Å². The Morgan fingerprint density at radius 2 is 1.92 bits per heavy atom. The van der Waals surface area contributed by atoms with Gasteiger partial charge in [-0.2, -0.15) is 0 Å². The molecule has 2 aromatic rings. The molecule has 2 aromatic carbocycles. The third-order valence-corrected chi connectivity index (χ3v) is 3.42. The lowest BCUT2D eigenvalue weighted by Crippen LogP contribution is -2.24. The van der Waals surface area contributed by atoms with Gasteiger partial charge in [0.25, 0.3) is 0 Å². The third kappa shape index (κ3) is 5.44. The number of aromatic carboxylic acids is 1. The van der Waals surface area contributed by atoms with E-state index in [0.717, 1.165) is 11.1 Å². The van der Waals surface area contributed by atoms with Crippen LogP contribution in [0.2, 0.25) is 5.02 Å². The van der Waals surface area contributed by atoms with Crippen LogP contribution in [0.15, 0.2) is 54.6 Å². The van der Waals surface area contributed by atoms with Crippen LogP contribution in [0.4, 0.5) is 4.79 Å². The Balaban J connectivity index is 1.77. The van der Waals surface area contributed by atoms with Crippen molar-refractivity contribution < 1.29 is 19.4 Å². The number of nitrogens with one attached hydrogen (secondary N) is 1. The number of carboxylic acid groups (broad SMARTS) is 1. The van der Waals surface area contributed by atoms with Crippen LogP contribution < -0.4 is 5.32 Å². The van der Waals surface area contributed by atoms with E-state index in [-0.39, 0.29) is 23.7 Å². The van der Waals surface area contributed by atoms with Gasteiger partial charge in [-0.3, -0.25) is 0 Å². The average molecular weight is 346 g/mol. The quantitative estimate of drug-likeness (QED) is 0.830. The van der Waals surface area contributed by atoms with Crippen molar-refractivity contribution >= 4 is 29.7 Å². The van der Waals surface area contributed by atoms with Gasteiger partial charge in [0.2, 0.25) is 0 Å². The fraction of sp³-hybridized carbons (Fsp3) is 0.111. The van der Waals surface area contributed by atoms with E-state index in [1.165, 1.54) is 6.07 Å². The second-order valence-electron chi connectivity index (χ2n) is 4.89. The molecular weight excluding hydrogens is 330 g/mol. The minimum absolute atomic E-state index is 0.0523. The van der Waals surface area contributed by atoms with Gasteiger partial charge < -0.3 is 15.2 Å². The summed E-state index contributed by atoms with van der Waals surface area (Å²) in [5, 5.41) is 11.7. The van der Waals surface area contributed by atoms with Crippen molar-refractivity contribution in [3.05, 3.63) is 76.3 Å². The van der Waals surface area contributed by atoms with E-state index in [4.69, 9.17) is 21.4 Å². The van der Waals surface area contributed by atoms with Crippen LogP contribution in [-0.4, -0.2) is 23.7 Å². The lowest BCUT2D eigenvalue weighted by Gasteiger charge is -2.05. The molecule has 124 valence electrons. The molecule has 0 aromatic heterocycles. The first-order valence-corrected chi connectivity index (χ1v) is 7.58. The van der Waals surface area contributed by atoms with E-state index >= 15 is 0 Å². The summed E-state index contributed by atoms with van der Waals surface area (Å²) in [7, 11) is 0. The molecule has 0 unspecified atom stereocenters. The number of carbonyl (C=O) groups is 2. The zero-order valence-corrected chi connectivity index (χ0v) is 13.5.